The molecule has 2 heterocycles. The second-order valence-electron chi connectivity index (χ2n) is 5.22. The van der Waals surface area contributed by atoms with Crippen LogP contribution >= 0.6 is 0 Å². The van der Waals surface area contributed by atoms with Crippen molar-refractivity contribution in [2.45, 2.75) is 12.2 Å². The van der Waals surface area contributed by atoms with Crippen molar-refractivity contribution < 1.29 is 14.3 Å². The van der Waals surface area contributed by atoms with Crippen LogP contribution in [-0.4, -0.2) is 12.6 Å². The van der Waals surface area contributed by atoms with Gasteiger partial charge in [0.1, 0.15) is 6.61 Å². The van der Waals surface area contributed by atoms with Crippen LogP contribution in [0.5, 0.6) is 0 Å². The summed E-state index contributed by atoms with van der Waals surface area (Å²) in [4.78, 5) is 11.6. The molecule has 19 heavy (non-hydrogen) atoms. The van der Waals surface area contributed by atoms with Crippen molar-refractivity contribution in [1.82, 2.24) is 0 Å². The van der Waals surface area contributed by atoms with Crippen molar-refractivity contribution in [1.29, 1.82) is 0 Å². The van der Waals surface area contributed by atoms with Gasteiger partial charge in [-0.1, -0.05) is 36.9 Å². The third kappa shape index (κ3) is 1.45. The summed E-state index contributed by atoms with van der Waals surface area (Å²) in [7, 11) is 0. The topological polar surface area (TPSA) is 35.5 Å². The Kier molecular flexibility index (Phi) is 2.21. The van der Waals surface area contributed by atoms with E-state index in [1.165, 1.54) is 16.7 Å². The zero-order valence-corrected chi connectivity index (χ0v) is 10.4. The summed E-state index contributed by atoms with van der Waals surface area (Å²) in [6.45, 7) is 3.79. The van der Waals surface area contributed by atoms with Gasteiger partial charge in [-0.25, -0.2) is 4.79 Å². The molecule has 3 heteroatoms. The van der Waals surface area contributed by atoms with Crippen molar-refractivity contribution >= 4 is 5.97 Å². The van der Waals surface area contributed by atoms with Gasteiger partial charge < -0.3 is 9.47 Å². The molecule has 4 rings (SSSR count). The normalized spacial score (nSPS) is 34.8. The summed E-state index contributed by atoms with van der Waals surface area (Å²) in [5, 5.41) is 0. The lowest BCUT2D eigenvalue weighted by Gasteiger charge is -2.08. The van der Waals surface area contributed by atoms with E-state index in [1.54, 1.807) is 12.2 Å². The van der Waals surface area contributed by atoms with Gasteiger partial charge in [0.25, 0.3) is 0 Å². The highest BCUT2D eigenvalue weighted by Gasteiger charge is 2.65. The first-order chi connectivity index (χ1) is 9.31. The summed E-state index contributed by atoms with van der Waals surface area (Å²) in [5.41, 5.74) is 3.76. The molecule has 1 aliphatic carbocycles. The first-order valence-corrected chi connectivity index (χ1v) is 6.54. The lowest BCUT2D eigenvalue weighted by Crippen LogP contribution is -2.01. The van der Waals surface area contributed by atoms with Crippen LogP contribution in [0.4, 0.5) is 0 Å². The predicted octanol–water partition coefficient (Wildman–Crippen LogP) is 2.71. The summed E-state index contributed by atoms with van der Waals surface area (Å²) in [6.07, 6.45) is 3.51. The molecular formula is C16H14O3. The summed E-state index contributed by atoms with van der Waals surface area (Å²) in [6, 6.07) is 8.34. The van der Waals surface area contributed by atoms with Crippen LogP contribution in [0, 0.1) is 11.8 Å². The van der Waals surface area contributed by atoms with Crippen molar-refractivity contribution in [3.63, 3.8) is 0 Å². The number of ether oxygens (including phenoxy) is 2. The number of carbonyl (C=O) groups is 1. The fourth-order valence-corrected chi connectivity index (χ4v) is 3.45. The van der Waals surface area contributed by atoms with E-state index in [0.29, 0.717) is 11.8 Å². The molecule has 1 saturated carbocycles. The van der Waals surface area contributed by atoms with Gasteiger partial charge in [-0.2, -0.15) is 0 Å². The van der Waals surface area contributed by atoms with E-state index in [1.807, 2.05) is 12.1 Å². The Labute approximate surface area is 111 Å². The monoisotopic (exact) mass is 254 g/mol. The third-order valence-corrected chi connectivity index (χ3v) is 4.23. The molecule has 3 aliphatic rings. The van der Waals surface area contributed by atoms with E-state index in [9.17, 15) is 4.79 Å². The van der Waals surface area contributed by atoms with Crippen molar-refractivity contribution in [3.05, 3.63) is 59.7 Å². The third-order valence-electron chi connectivity index (χ3n) is 4.23. The highest BCUT2D eigenvalue weighted by molar-refractivity contribution is 5.84. The maximum atomic E-state index is 11.6. The van der Waals surface area contributed by atoms with Crippen LogP contribution in [0.25, 0.3) is 0 Å². The quantitative estimate of drug-likeness (QED) is 0.472. The Hall–Kier alpha value is -1.87. The number of fused-ring (bicyclic) bond motifs is 8. The molecule has 0 amide bonds. The van der Waals surface area contributed by atoms with Gasteiger partial charge in [0.2, 0.25) is 0 Å². The molecule has 2 fully saturated rings. The maximum Gasteiger partial charge on any atom is 0.331 e. The van der Waals surface area contributed by atoms with Crippen LogP contribution in [0.2, 0.25) is 0 Å². The Balaban J connectivity index is 1.57. The summed E-state index contributed by atoms with van der Waals surface area (Å²) >= 11 is 0. The highest BCUT2D eigenvalue weighted by Crippen LogP contribution is 2.72. The second kappa shape index (κ2) is 3.81. The Morgan fingerprint density at radius 2 is 1.89 bits per heavy atom. The molecule has 0 spiro atoms. The molecule has 1 unspecified atom stereocenters. The van der Waals surface area contributed by atoms with Gasteiger partial charge in [0.15, 0.2) is 0 Å². The van der Waals surface area contributed by atoms with Crippen LogP contribution in [-0.2, 0) is 14.3 Å². The van der Waals surface area contributed by atoms with Crippen LogP contribution < -0.4 is 0 Å². The van der Waals surface area contributed by atoms with E-state index in [0.717, 1.165) is 0 Å². The number of hydrogen-bond donors (Lipinski definition) is 0. The van der Waals surface area contributed by atoms with Gasteiger partial charge >= 0.3 is 5.97 Å². The molecule has 0 aromatic heterocycles. The molecule has 3 nitrogen and oxygen atoms in total. The zero-order valence-electron chi connectivity index (χ0n) is 10.4. The molecule has 0 radical (unpaired) electrons. The number of rotatable bonds is 3. The lowest BCUT2D eigenvalue weighted by atomic mass is 9.92. The van der Waals surface area contributed by atoms with Crippen molar-refractivity contribution in [2.75, 3.05) is 6.61 Å². The van der Waals surface area contributed by atoms with Gasteiger partial charge in [-0.05, 0) is 16.7 Å². The zero-order chi connectivity index (χ0) is 13.0. The molecule has 2 aliphatic heterocycles. The van der Waals surface area contributed by atoms with Gasteiger partial charge in [0.05, 0.1) is 12.2 Å². The minimum Gasteiger partial charge on any atom is -0.458 e. The van der Waals surface area contributed by atoms with Gasteiger partial charge in [-0.3, -0.25) is 0 Å². The lowest BCUT2D eigenvalue weighted by molar-refractivity contribution is -0.136. The average molecular weight is 254 g/mol. The molecule has 1 aromatic rings. The molecule has 2 bridgehead atoms. The average Bonchev–Trinajstić information content (AvgIpc) is 2.86. The molecule has 4 atom stereocenters. The van der Waals surface area contributed by atoms with Crippen molar-refractivity contribution in [3.8, 4) is 0 Å². The SMILES string of the molecule is C=CCOC(=O)C=C1C2[C@@H]3O[C@@H](c4ccccc43)[C@H]12. The summed E-state index contributed by atoms with van der Waals surface area (Å²) in [5.74, 6) is 0.500. The Morgan fingerprint density at radius 1 is 1.26 bits per heavy atom. The minimum atomic E-state index is -0.271. The second-order valence-corrected chi connectivity index (χ2v) is 5.22. The van der Waals surface area contributed by atoms with E-state index < -0.39 is 0 Å². The van der Waals surface area contributed by atoms with E-state index in [-0.39, 0.29) is 24.8 Å². The predicted molar refractivity (Wildman–Crippen MR) is 69.2 cm³/mol. The first kappa shape index (κ1) is 11.0. The largest absolute Gasteiger partial charge is 0.458 e. The standard InChI is InChI=1S/C16H14O3/c1-2-7-18-12(17)8-11-13-14(11)16-10-6-4-3-5-9(10)15(13)19-16/h2-6,8,13-16H,1,7H2/t13-,14?,15+,16-/m1/s1. The maximum absolute atomic E-state index is 11.6. The summed E-state index contributed by atoms with van der Waals surface area (Å²) < 4.78 is 11.0. The number of hydrogen-bond acceptors (Lipinski definition) is 3. The van der Waals surface area contributed by atoms with Crippen LogP contribution in [0.3, 0.4) is 0 Å². The first-order valence-electron chi connectivity index (χ1n) is 6.54. The molecule has 96 valence electrons. The number of carbonyl (C=O) groups excluding carboxylic acids is 1. The number of esters is 1. The van der Waals surface area contributed by atoms with Gasteiger partial charge in [0, 0.05) is 17.9 Å². The molecular weight excluding hydrogens is 240 g/mol. The van der Waals surface area contributed by atoms with E-state index in [2.05, 4.69) is 18.7 Å². The molecule has 0 N–H and O–H groups in total. The highest BCUT2D eigenvalue weighted by atomic mass is 16.5. The number of benzene rings is 1. The van der Waals surface area contributed by atoms with Crippen LogP contribution in [0.15, 0.2) is 48.6 Å². The van der Waals surface area contributed by atoms with Crippen LogP contribution in [0.1, 0.15) is 23.3 Å². The van der Waals surface area contributed by atoms with E-state index in [4.69, 9.17) is 9.47 Å². The van der Waals surface area contributed by atoms with Gasteiger partial charge in [-0.15, -0.1) is 0 Å². The van der Waals surface area contributed by atoms with Crippen molar-refractivity contribution in [2.24, 2.45) is 11.8 Å². The fourth-order valence-electron chi connectivity index (χ4n) is 3.45. The minimum absolute atomic E-state index is 0.143. The Morgan fingerprint density at radius 3 is 2.47 bits per heavy atom. The Bertz CT molecular complexity index is 565. The molecule has 1 aromatic carbocycles. The molecule has 1 saturated heterocycles. The smallest absolute Gasteiger partial charge is 0.331 e. The van der Waals surface area contributed by atoms with E-state index >= 15 is 0 Å². The fraction of sp³-hybridized carbons (Fsp3) is 0.312.